The Labute approximate surface area is 157 Å². The summed E-state index contributed by atoms with van der Waals surface area (Å²) in [7, 11) is -2.13. The fraction of sp³-hybridized carbons (Fsp3) is 0.316. The van der Waals surface area contributed by atoms with Gasteiger partial charge in [0, 0.05) is 25.2 Å². The van der Waals surface area contributed by atoms with Crippen molar-refractivity contribution >= 4 is 15.9 Å². The molecule has 27 heavy (non-hydrogen) atoms. The van der Waals surface area contributed by atoms with Gasteiger partial charge in [-0.25, -0.2) is 8.42 Å². The predicted octanol–water partition coefficient (Wildman–Crippen LogP) is 2.13. The molecule has 1 fully saturated rings. The second-order valence-electron chi connectivity index (χ2n) is 6.57. The monoisotopic (exact) mass is 388 g/mol. The largest absolute Gasteiger partial charge is 0.454 e. The van der Waals surface area contributed by atoms with Crippen molar-refractivity contribution in [2.75, 3.05) is 13.8 Å². The van der Waals surface area contributed by atoms with Crippen LogP contribution in [0, 0.1) is 0 Å². The molecule has 2 aromatic rings. The third-order valence-corrected chi connectivity index (χ3v) is 6.59. The van der Waals surface area contributed by atoms with Gasteiger partial charge in [0.15, 0.2) is 11.5 Å². The molecule has 0 aromatic heterocycles. The minimum atomic E-state index is -3.67. The van der Waals surface area contributed by atoms with Crippen molar-refractivity contribution in [1.29, 1.82) is 0 Å². The minimum Gasteiger partial charge on any atom is -0.454 e. The lowest BCUT2D eigenvalue weighted by molar-refractivity contribution is 0.0963. The molecule has 4 rings (SSSR count). The van der Waals surface area contributed by atoms with E-state index in [1.807, 2.05) is 12.1 Å². The van der Waals surface area contributed by atoms with Gasteiger partial charge in [0.2, 0.25) is 16.8 Å². The third kappa shape index (κ3) is 3.50. The summed E-state index contributed by atoms with van der Waals surface area (Å²) in [6, 6.07) is 11.5. The number of ether oxygens (including phenoxy) is 2. The van der Waals surface area contributed by atoms with Gasteiger partial charge in [0.05, 0.1) is 4.90 Å². The number of carbonyl (C=O) groups excluding carboxylic acids is 1. The Hall–Kier alpha value is -2.58. The van der Waals surface area contributed by atoms with Gasteiger partial charge in [0.25, 0.3) is 5.91 Å². The highest BCUT2D eigenvalue weighted by atomic mass is 32.2. The molecule has 1 aliphatic carbocycles. The maximum absolute atomic E-state index is 13.2. The van der Waals surface area contributed by atoms with Gasteiger partial charge >= 0.3 is 0 Å². The topological polar surface area (TPSA) is 84.9 Å². The second kappa shape index (κ2) is 6.86. The van der Waals surface area contributed by atoms with Crippen LogP contribution in [0.4, 0.5) is 0 Å². The Bertz CT molecular complexity index is 968. The summed E-state index contributed by atoms with van der Waals surface area (Å²) in [6.07, 6.45) is 1.69. The van der Waals surface area contributed by atoms with E-state index in [0.29, 0.717) is 17.1 Å². The summed E-state index contributed by atoms with van der Waals surface area (Å²) in [6.45, 7) is 0.446. The van der Waals surface area contributed by atoms with Crippen LogP contribution in [0.1, 0.15) is 28.8 Å². The number of amides is 1. The van der Waals surface area contributed by atoms with E-state index in [4.69, 9.17) is 9.47 Å². The van der Waals surface area contributed by atoms with Gasteiger partial charge < -0.3 is 14.8 Å². The van der Waals surface area contributed by atoms with Gasteiger partial charge in [-0.15, -0.1) is 0 Å². The Morgan fingerprint density at radius 3 is 2.48 bits per heavy atom. The number of rotatable bonds is 6. The van der Waals surface area contributed by atoms with E-state index in [0.717, 1.165) is 18.4 Å². The molecule has 7 nitrogen and oxygen atoms in total. The Morgan fingerprint density at radius 2 is 1.81 bits per heavy atom. The first-order valence-corrected chi connectivity index (χ1v) is 10.2. The SMILES string of the molecule is CNC(=O)c1ccc(S(=O)(=O)N(Cc2ccc3c(c2)OCO3)C2CC2)cc1. The lowest BCUT2D eigenvalue weighted by atomic mass is 10.2. The lowest BCUT2D eigenvalue weighted by Crippen LogP contribution is -2.32. The molecular formula is C19H20N2O5S. The Morgan fingerprint density at radius 1 is 1.11 bits per heavy atom. The Kier molecular flexibility index (Phi) is 4.53. The molecule has 0 atom stereocenters. The van der Waals surface area contributed by atoms with Crippen molar-refractivity contribution in [3.05, 3.63) is 53.6 Å². The van der Waals surface area contributed by atoms with Crippen LogP contribution in [0.5, 0.6) is 11.5 Å². The number of hydrogen-bond acceptors (Lipinski definition) is 5. The van der Waals surface area contributed by atoms with E-state index in [9.17, 15) is 13.2 Å². The van der Waals surface area contributed by atoms with Crippen LogP contribution < -0.4 is 14.8 Å². The van der Waals surface area contributed by atoms with Crippen molar-refractivity contribution < 1.29 is 22.7 Å². The average Bonchev–Trinajstić information content (AvgIpc) is 3.41. The molecule has 0 bridgehead atoms. The highest BCUT2D eigenvalue weighted by Crippen LogP contribution is 2.36. The normalized spacial score (nSPS) is 15.8. The molecule has 0 radical (unpaired) electrons. The highest BCUT2D eigenvalue weighted by Gasteiger charge is 2.38. The van der Waals surface area contributed by atoms with E-state index in [1.165, 1.54) is 35.6 Å². The van der Waals surface area contributed by atoms with Crippen molar-refractivity contribution in [2.24, 2.45) is 0 Å². The van der Waals surface area contributed by atoms with Crippen LogP contribution in [0.25, 0.3) is 0 Å². The summed E-state index contributed by atoms with van der Waals surface area (Å²) in [5.74, 6) is 1.05. The molecular weight excluding hydrogens is 368 g/mol. The molecule has 0 saturated heterocycles. The first-order chi connectivity index (χ1) is 13.0. The van der Waals surface area contributed by atoms with Crippen molar-refractivity contribution in [1.82, 2.24) is 9.62 Å². The zero-order valence-electron chi connectivity index (χ0n) is 14.8. The van der Waals surface area contributed by atoms with Gasteiger partial charge in [-0.3, -0.25) is 4.79 Å². The standard InChI is InChI=1S/C19H20N2O5S/c1-20-19(22)14-3-7-16(8-4-14)27(23,24)21(15-5-6-15)11-13-2-9-17-18(10-13)26-12-25-17/h2-4,7-10,15H,5-6,11-12H2,1H3,(H,20,22). The maximum atomic E-state index is 13.2. The van der Waals surface area contributed by atoms with Crippen LogP contribution in [-0.4, -0.2) is 38.5 Å². The van der Waals surface area contributed by atoms with Gasteiger partial charge in [0.1, 0.15) is 0 Å². The zero-order valence-corrected chi connectivity index (χ0v) is 15.7. The first-order valence-electron chi connectivity index (χ1n) is 8.71. The van der Waals surface area contributed by atoms with Crippen LogP contribution in [-0.2, 0) is 16.6 Å². The van der Waals surface area contributed by atoms with Gasteiger partial charge in [-0.05, 0) is 54.8 Å². The van der Waals surface area contributed by atoms with Crippen molar-refractivity contribution in [2.45, 2.75) is 30.3 Å². The molecule has 0 unspecified atom stereocenters. The predicted molar refractivity (Wildman–Crippen MR) is 98.1 cm³/mol. The van der Waals surface area contributed by atoms with Crippen molar-refractivity contribution in [3.8, 4) is 11.5 Å². The summed E-state index contributed by atoms with van der Waals surface area (Å²) in [4.78, 5) is 11.9. The molecule has 1 heterocycles. The second-order valence-corrected chi connectivity index (χ2v) is 8.46. The molecule has 1 amide bonds. The van der Waals surface area contributed by atoms with Crippen LogP contribution in [0.2, 0.25) is 0 Å². The summed E-state index contributed by atoms with van der Waals surface area (Å²) < 4.78 is 38.6. The van der Waals surface area contributed by atoms with E-state index in [2.05, 4.69) is 5.32 Å². The number of sulfonamides is 1. The first kappa shape index (κ1) is 17.8. The number of hydrogen-bond donors (Lipinski definition) is 1. The number of fused-ring (bicyclic) bond motifs is 1. The van der Waals surface area contributed by atoms with E-state index in [-0.39, 0.29) is 30.2 Å². The van der Waals surface area contributed by atoms with E-state index in [1.54, 1.807) is 6.07 Å². The van der Waals surface area contributed by atoms with Crippen molar-refractivity contribution in [3.63, 3.8) is 0 Å². The fourth-order valence-electron chi connectivity index (χ4n) is 3.05. The smallest absolute Gasteiger partial charge is 0.251 e. The van der Waals surface area contributed by atoms with Crippen LogP contribution in [0.15, 0.2) is 47.4 Å². The molecule has 1 aliphatic heterocycles. The Balaban J connectivity index is 1.60. The molecule has 142 valence electrons. The van der Waals surface area contributed by atoms with Crippen LogP contribution in [0.3, 0.4) is 0 Å². The fourth-order valence-corrected chi connectivity index (χ4v) is 4.72. The number of nitrogens with zero attached hydrogens (tertiary/aromatic N) is 1. The van der Waals surface area contributed by atoms with Gasteiger partial charge in [-0.1, -0.05) is 6.07 Å². The van der Waals surface area contributed by atoms with E-state index >= 15 is 0 Å². The maximum Gasteiger partial charge on any atom is 0.251 e. The molecule has 1 saturated carbocycles. The highest BCUT2D eigenvalue weighted by molar-refractivity contribution is 7.89. The lowest BCUT2D eigenvalue weighted by Gasteiger charge is -2.22. The van der Waals surface area contributed by atoms with E-state index < -0.39 is 10.0 Å². The number of carbonyl (C=O) groups is 1. The quantitative estimate of drug-likeness (QED) is 0.819. The average molecular weight is 388 g/mol. The molecule has 8 heteroatoms. The molecule has 2 aliphatic rings. The molecule has 0 spiro atoms. The number of benzene rings is 2. The summed E-state index contributed by atoms with van der Waals surface area (Å²) in [5, 5.41) is 2.52. The summed E-state index contributed by atoms with van der Waals surface area (Å²) >= 11 is 0. The van der Waals surface area contributed by atoms with Gasteiger partial charge in [-0.2, -0.15) is 4.31 Å². The molecule has 1 N–H and O–H groups in total. The third-order valence-electron chi connectivity index (χ3n) is 4.68. The molecule has 2 aromatic carbocycles. The zero-order chi connectivity index (χ0) is 19.0. The number of nitrogens with one attached hydrogen (secondary N) is 1. The van der Waals surface area contributed by atoms with Crippen LogP contribution >= 0.6 is 0 Å². The summed E-state index contributed by atoms with van der Waals surface area (Å²) in [5.41, 5.74) is 1.27. The minimum absolute atomic E-state index is 0.000889.